The molecule has 2 fully saturated rings. The predicted molar refractivity (Wildman–Crippen MR) is 119 cm³/mol. The predicted octanol–water partition coefficient (Wildman–Crippen LogP) is 3.21. The fourth-order valence-electron chi connectivity index (χ4n) is 5.45. The molecule has 3 heterocycles. The summed E-state index contributed by atoms with van der Waals surface area (Å²) < 4.78 is 53.9. The number of halogens is 4. The SMILES string of the molecule is CC12CN(CCCn3nc(-c4cccnc4F)c(=O)[nH]c3=O)CC1(c1ccc(C(F)(F)F)cc1)C2. The van der Waals surface area contributed by atoms with Gasteiger partial charge in [-0.1, -0.05) is 19.1 Å². The van der Waals surface area contributed by atoms with Crippen LogP contribution in [0.2, 0.25) is 0 Å². The minimum absolute atomic E-state index is 0.00910. The van der Waals surface area contributed by atoms with Gasteiger partial charge in [0.05, 0.1) is 11.1 Å². The average Bonchev–Trinajstić information content (AvgIpc) is 3.28. The molecule has 11 heteroatoms. The molecular formula is C24H23F4N5O2. The highest BCUT2D eigenvalue weighted by molar-refractivity contribution is 5.56. The second kappa shape index (κ2) is 8.11. The van der Waals surface area contributed by atoms with Crippen LogP contribution in [0, 0.1) is 11.4 Å². The number of rotatable bonds is 6. The topological polar surface area (TPSA) is 83.9 Å². The third kappa shape index (κ3) is 4.07. The van der Waals surface area contributed by atoms with Gasteiger partial charge in [-0.05, 0) is 54.6 Å². The maximum absolute atomic E-state index is 14.0. The van der Waals surface area contributed by atoms with E-state index in [0.717, 1.165) is 41.9 Å². The first kappa shape index (κ1) is 23.4. The van der Waals surface area contributed by atoms with E-state index in [1.54, 1.807) is 12.1 Å². The Morgan fingerprint density at radius 2 is 1.83 bits per heavy atom. The molecule has 0 spiro atoms. The fourth-order valence-corrected chi connectivity index (χ4v) is 5.45. The first-order valence-corrected chi connectivity index (χ1v) is 11.2. The number of aromatic amines is 1. The largest absolute Gasteiger partial charge is 0.416 e. The van der Waals surface area contributed by atoms with Gasteiger partial charge in [-0.25, -0.2) is 14.5 Å². The number of likely N-dealkylation sites (tertiary alicyclic amines) is 1. The summed E-state index contributed by atoms with van der Waals surface area (Å²) in [6.45, 7) is 4.52. The Balaban J connectivity index is 1.26. The van der Waals surface area contributed by atoms with Gasteiger partial charge in [0, 0.05) is 31.2 Å². The van der Waals surface area contributed by atoms with Gasteiger partial charge in [0.2, 0.25) is 5.95 Å². The number of hydrogen-bond acceptors (Lipinski definition) is 5. The summed E-state index contributed by atoms with van der Waals surface area (Å²) in [5, 5.41) is 4.06. The minimum atomic E-state index is -4.36. The first-order chi connectivity index (χ1) is 16.5. The monoisotopic (exact) mass is 489 g/mol. The second-order valence-electron chi connectivity index (χ2n) is 9.63. The molecule has 184 valence electrons. The van der Waals surface area contributed by atoms with Crippen molar-refractivity contribution in [2.45, 2.75) is 37.9 Å². The fraction of sp³-hybridized carbons (Fsp3) is 0.417. The van der Waals surface area contributed by atoms with E-state index < -0.39 is 28.9 Å². The lowest BCUT2D eigenvalue weighted by molar-refractivity contribution is -0.137. The van der Waals surface area contributed by atoms with E-state index in [9.17, 15) is 27.2 Å². The normalized spacial score (nSPS) is 23.9. The number of nitrogens with one attached hydrogen (secondary N) is 1. The maximum Gasteiger partial charge on any atom is 0.416 e. The maximum atomic E-state index is 14.0. The second-order valence-corrected chi connectivity index (χ2v) is 9.63. The minimum Gasteiger partial charge on any atom is -0.302 e. The molecule has 1 aliphatic carbocycles. The standard InChI is InChI=1S/C24H23F4N5O2/c1-22-12-23(22,15-5-7-16(8-6-15)24(26,27)28)14-32(13-22)10-3-11-33-21(35)30-20(34)18(31-33)17-4-2-9-29-19(17)25/h2,4-9H,3,10-14H2,1H3,(H,30,34,35). The van der Waals surface area contributed by atoms with E-state index in [-0.39, 0.29) is 28.6 Å². The van der Waals surface area contributed by atoms with Crippen molar-refractivity contribution in [3.8, 4) is 11.3 Å². The van der Waals surface area contributed by atoms with E-state index in [4.69, 9.17) is 0 Å². The van der Waals surface area contributed by atoms with Crippen LogP contribution in [0.15, 0.2) is 52.2 Å². The average molecular weight is 489 g/mol. The van der Waals surface area contributed by atoms with E-state index >= 15 is 0 Å². The number of nitrogens with zero attached hydrogens (tertiary/aromatic N) is 4. The van der Waals surface area contributed by atoms with E-state index in [1.807, 2.05) is 0 Å². The van der Waals surface area contributed by atoms with E-state index in [1.165, 1.54) is 18.3 Å². The van der Waals surface area contributed by atoms with Crippen molar-refractivity contribution in [2.75, 3.05) is 19.6 Å². The number of pyridine rings is 1. The van der Waals surface area contributed by atoms with Gasteiger partial charge in [0.1, 0.15) is 0 Å². The summed E-state index contributed by atoms with van der Waals surface area (Å²) in [6.07, 6.45) is -1.64. The molecule has 1 saturated carbocycles. The smallest absolute Gasteiger partial charge is 0.302 e. The van der Waals surface area contributed by atoms with Crippen LogP contribution in [-0.4, -0.2) is 44.3 Å². The molecule has 1 saturated heterocycles. The van der Waals surface area contributed by atoms with E-state index in [2.05, 4.69) is 26.9 Å². The molecule has 1 aliphatic heterocycles. The zero-order valence-corrected chi connectivity index (χ0v) is 18.9. The number of benzene rings is 1. The molecule has 35 heavy (non-hydrogen) atoms. The lowest BCUT2D eigenvalue weighted by Gasteiger charge is -2.21. The molecule has 1 aromatic carbocycles. The number of aromatic nitrogens is 4. The summed E-state index contributed by atoms with van der Waals surface area (Å²) in [5.41, 5.74) is -1.69. The molecule has 2 aliphatic rings. The zero-order chi connectivity index (χ0) is 25.0. The van der Waals surface area contributed by atoms with E-state index in [0.29, 0.717) is 13.0 Å². The van der Waals surface area contributed by atoms with Crippen LogP contribution in [0.4, 0.5) is 17.6 Å². The Bertz CT molecular complexity index is 1380. The van der Waals surface area contributed by atoms with Gasteiger partial charge in [-0.2, -0.15) is 22.7 Å². The number of hydrogen-bond donors (Lipinski definition) is 1. The summed E-state index contributed by atoms with van der Waals surface area (Å²) in [4.78, 5) is 32.3. The highest BCUT2D eigenvalue weighted by Crippen LogP contribution is 2.68. The lowest BCUT2D eigenvalue weighted by atomic mass is 9.89. The quantitative estimate of drug-likeness (QED) is 0.425. The molecule has 7 nitrogen and oxygen atoms in total. The lowest BCUT2D eigenvalue weighted by Crippen LogP contribution is -2.35. The molecule has 0 amide bonds. The van der Waals surface area contributed by atoms with Crippen LogP contribution in [0.5, 0.6) is 0 Å². The zero-order valence-electron chi connectivity index (χ0n) is 18.9. The van der Waals surface area contributed by atoms with Gasteiger partial charge >= 0.3 is 11.9 Å². The van der Waals surface area contributed by atoms with Gasteiger partial charge in [0.15, 0.2) is 5.69 Å². The van der Waals surface area contributed by atoms with Crippen LogP contribution in [0.25, 0.3) is 11.3 Å². The molecule has 0 radical (unpaired) electrons. The third-order valence-electron chi connectivity index (χ3n) is 7.30. The highest BCUT2D eigenvalue weighted by atomic mass is 19.4. The van der Waals surface area contributed by atoms with Crippen LogP contribution < -0.4 is 11.2 Å². The molecule has 5 rings (SSSR count). The van der Waals surface area contributed by atoms with Crippen molar-refractivity contribution < 1.29 is 17.6 Å². The van der Waals surface area contributed by atoms with Crippen LogP contribution in [0.3, 0.4) is 0 Å². The number of alkyl halides is 3. The summed E-state index contributed by atoms with van der Waals surface area (Å²) in [7, 11) is 0. The van der Waals surface area contributed by atoms with Crippen molar-refractivity contribution in [1.82, 2.24) is 24.6 Å². The number of piperidine rings is 1. The molecule has 1 N–H and O–H groups in total. The van der Waals surface area contributed by atoms with Gasteiger partial charge in [0.25, 0.3) is 5.56 Å². The number of aryl methyl sites for hydroxylation is 1. The molecule has 0 bridgehead atoms. The summed E-state index contributed by atoms with van der Waals surface area (Å²) in [6, 6.07) is 8.29. The summed E-state index contributed by atoms with van der Waals surface area (Å²) >= 11 is 0. The van der Waals surface area contributed by atoms with Crippen LogP contribution in [0.1, 0.15) is 30.9 Å². The number of H-pyrrole nitrogens is 1. The van der Waals surface area contributed by atoms with Gasteiger partial charge in [-0.3, -0.25) is 9.78 Å². The molecule has 2 aromatic heterocycles. The van der Waals surface area contributed by atoms with Crippen molar-refractivity contribution in [2.24, 2.45) is 5.41 Å². The van der Waals surface area contributed by atoms with Gasteiger partial charge in [-0.15, -0.1) is 0 Å². The van der Waals surface area contributed by atoms with Crippen molar-refractivity contribution in [1.29, 1.82) is 0 Å². The van der Waals surface area contributed by atoms with Crippen molar-refractivity contribution >= 4 is 0 Å². The van der Waals surface area contributed by atoms with Crippen LogP contribution in [-0.2, 0) is 18.1 Å². The Kier molecular flexibility index (Phi) is 5.42. The summed E-state index contributed by atoms with van der Waals surface area (Å²) in [5.74, 6) is -0.853. The van der Waals surface area contributed by atoms with Crippen molar-refractivity contribution in [3.63, 3.8) is 0 Å². The highest BCUT2D eigenvalue weighted by Gasteiger charge is 2.69. The van der Waals surface area contributed by atoms with Crippen LogP contribution >= 0.6 is 0 Å². The number of fused-ring (bicyclic) bond motifs is 1. The molecule has 2 atom stereocenters. The molecule has 3 aromatic rings. The Labute approximate surface area is 197 Å². The first-order valence-electron chi connectivity index (χ1n) is 11.2. The third-order valence-corrected chi connectivity index (χ3v) is 7.30. The molecular weight excluding hydrogens is 466 g/mol. The Morgan fingerprint density at radius 3 is 2.51 bits per heavy atom. The molecule has 2 unspecified atom stereocenters. The van der Waals surface area contributed by atoms with Crippen molar-refractivity contribution in [3.05, 3.63) is 80.5 Å². The van der Waals surface area contributed by atoms with Gasteiger partial charge < -0.3 is 4.90 Å². The Morgan fingerprint density at radius 1 is 1.09 bits per heavy atom. The Hall–Kier alpha value is -3.34.